The molecule has 0 radical (unpaired) electrons. The number of ether oxygens (including phenoxy) is 1. The molecule has 5 heteroatoms. The molecule has 0 saturated carbocycles. The van der Waals surface area contributed by atoms with Crippen LogP contribution in [0.5, 0.6) is 0 Å². The molecule has 1 aromatic carbocycles. The van der Waals surface area contributed by atoms with Gasteiger partial charge in [-0.15, -0.1) is 0 Å². The highest BCUT2D eigenvalue weighted by Gasteiger charge is 2.39. The van der Waals surface area contributed by atoms with Crippen molar-refractivity contribution in [1.29, 1.82) is 0 Å². The smallest absolute Gasteiger partial charge is 0.254 e. The van der Waals surface area contributed by atoms with Crippen LogP contribution in [-0.2, 0) is 4.74 Å². The van der Waals surface area contributed by atoms with Crippen molar-refractivity contribution in [2.45, 2.75) is 31.4 Å². The van der Waals surface area contributed by atoms with Gasteiger partial charge in [0, 0.05) is 35.7 Å². The van der Waals surface area contributed by atoms with Crippen molar-refractivity contribution in [3.63, 3.8) is 0 Å². The average molecular weight is 310 g/mol. The lowest BCUT2D eigenvalue weighted by atomic mass is 9.89. The molecule has 3 unspecified atom stereocenters. The van der Waals surface area contributed by atoms with E-state index in [-0.39, 0.29) is 24.0 Å². The summed E-state index contributed by atoms with van der Waals surface area (Å²) in [4.78, 5) is 14.6. The third kappa shape index (κ3) is 3.07. The zero-order valence-corrected chi connectivity index (χ0v) is 12.6. The van der Waals surface area contributed by atoms with Crippen LogP contribution in [0.1, 0.15) is 29.6 Å². The predicted octanol–water partition coefficient (Wildman–Crippen LogP) is 2.34. The Morgan fingerprint density at radius 1 is 1.38 bits per heavy atom. The zero-order chi connectivity index (χ0) is 14.8. The standard InChI is InChI=1S/C16H20ClNO3/c17-12-4-1-3-11(9-12)16(20)18-7-2-5-14(18)13-10-21-8-6-15(13)19/h1,3-4,9,13-15,19H,2,5-8,10H2. The number of carbonyl (C=O) groups is 1. The molecule has 1 N–H and O–H groups in total. The second-order valence-electron chi connectivity index (χ2n) is 5.81. The maximum atomic E-state index is 12.7. The summed E-state index contributed by atoms with van der Waals surface area (Å²) in [5, 5.41) is 10.8. The minimum atomic E-state index is -0.378. The number of nitrogens with zero attached hydrogens (tertiary/aromatic N) is 1. The van der Waals surface area contributed by atoms with Crippen LogP contribution in [0, 0.1) is 5.92 Å². The van der Waals surface area contributed by atoms with Gasteiger partial charge in [0.05, 0.1) is 12.7 Å². The van der Waals surface area contributed by atoms with Crippen molar-refractivity contribution in [2.24, 2.45) is 5.92 Å². The van der Waals surface area contributed by atoms with E-state index in [1.807, 2.05) is 4.90 Å². The topological polar surface area (TPSA) is 49.8 Å². The maximum absolute atomic E-state index is 12.7. The Morgan fingerprint density at radius 2 is 2.24 bits per heavy atom. The number of aliphatic hydroxyl groups excluding tert-OH is 1. The highest BCUT2D eigenvalue weighted by atomic mass is 35.5. The lowest BCUT2D eigenvalue weighted by Crippen LogP contribution is -2.48. The fourth-order valence-corrected chi connectivity index (χ4v) is 3.58. The van der Waals surface area contributed by atoms with Gasteiger partial charge in [-0.1, -0.05) is 17.7 Å². The number of rotatable bonds is 2. The van der Waals surface area contributed by atoms with Gasteiger partial charge in [0.15, 0.2) is 0 Å². The van der Waals surface area contributed by atoms with E-state index in [1.54, 1.807) is 24.3 Å². The molecule has 3 atom stereocenters. The molecular weight excluding hydrogens is 290 g/mol. The highest BCUT2D eigenvalue weighted by molar-refractivity contribution is 6.30. The summed E-state index contributed by atoms with van der Waals surface area (Å²) in [5.74, 6) is 0.0159. The first-order chi connectivity index (χ1) is 10.2. The molecule has 2 fully saturated rings. The van der Waals surface area contributed by atoms with Gasteiger partial charge in [0.1, 0.15) is 0 Å². The van der Waals surface area contributed by atoms with Gasteiger partial charge >= 0.3 is 0 Å². The molecule has 0 aromatic heterocycles. The summed E-state index contributed by atoms with van der Waals surface area (Å²) in [6, 6.07) is 7.11. The molecule has 2 aliphatic rings. The molecule has 1 amide bonds. The first kappa shape index (κ1) is 14.8. The second-order valence-corrected chi connectivity index (χ2v) is 6.25. The van der Waals surface area contributed by atoms with Crippen molar-refractivity contribution in [1.82, 2.24) is 4.90 Å². The summed E-state index contributed by atoms with van der Waals surface area (Å²) in [6.45, 7) is 1.87. The molecule has 2 saturated heterocycles. The molecule has 114 valence electrons. The number of hydrogen-bond donors (Lipinski definition) is 1. The molecule has 0 bridgehead atoms. The van der Waals surface area contributed by atoms with Crippen LogP contribution in [0.15, 0.2) is 24.3 Å². The molecule has 1 aromatic rings. The van der Waals surface area contributed by atoms with E-state index in [0.29, 0.717) is 30.2 Å². The molecule has 0 spiro atoms. The first-order valence-electron chi connectivity index (χ1n) is 7.49. The third-order valence-corrected chi connectivity index (χ3v) is 4.72. The number of hydrogen-bond acceptors (Lipinski definition) is 3. The van der Waals surface area contributed by atoms with Gasteiger partial charge in [-0.3, -0.25) is 4.79 Å². The van der Waals surface area contributed by atoms with Crippen molar-refractivity contribution in [3.8, 4) is 0 Å². The fourth-order valence-electron chi connectivity index (χ4n) is 3.39. The lowest BCUT2D eigenvalue weighted by molar-refractivity contribution is -0.0589. The third-order valence-electron chi connectivity index (χ3n) is 4.49. The molecule has 0 aliphatic carbocycles. The summed E-state index contributed by atoms with van der Waals surface area (Å²) >= 11 is 5.97. The minimum absolute atomic E-state index is 0.00206. The summed E-state index contributed by atoms with van der Waals surface area (Å²) in [6.07, 6.45) is 2.18. The number of amides is 1. The van der Waals surface area contributed by atoms with E-state index >= 15 is 0 Å². The van der Waals surface area contributed by atoms with Crippen LogP contribution in [0.25, 0.3) is 0 Å². The Labute approximate surface area is 129 Å². The Balaban J connectivity index is 1.78. The number of aliphatic hydroxyl groups is 1. The fraction of sp³-hybridized carbons (Fsp3) is 0.562. The Morgan fingerprint density at radius 3 is 3.00 bits per heavy atom. The SMILES string of the molecule is O=C(c1cccc(Cl)c1)N1CCCC1C1COCCC1O. The van der Waals surface area contributed by atoms with E-state index in [2.05, 4.69) is 0 Å². The van der Waals surface area contributed by atoms with Gasteiger partial charge in [-0.25, -0.2) is 0 Å². The number of halogens is 1. The quantitative estimate of drug-likeness (QED) is 0.912. The number of carbonyl (C=O) groups excluding carboxylic acids is 1. The largest absolute Gasteiger partial charge is 0.393 e. The molecule has 3 rings (SSSR count). The average Bonchev–Trinajstić information content (AvgIpc) is 2.96. The second kappa shape index (κ2) is 6.34. The monoisotopic (exact) mass is 309 g/mol. The Kier molecular flexibility index (Phi) is 4.48. The van der Waals surface area contributed by atoms with Crippen molar-refractivity contribution < 1.29 is 14.6 Å². The van der Waals surface area contributed by atoms with Crippen LogP contribution in [0.2, 0.25) is 5.02 Å². The maximum Gasteiger partial charge on any atom is 0.254 e. The van der Waals surface area contributed by atoms with Gasteiger partial charge in [0.25, 0.3) is 5.91 Å². The lowest BCUT2D eigenvalue weighted by Gasteiger charge is -2.37. The summed E-state index contributed by atoms with van der Waals surface area (Å²) in [5.41, 5.74) is 0.612. The van der Waals surface area contributed by atoms with Crippen LogP contribution in [0.4, 0.5) is 0 Å². The number of benzene rings is 1. The molecule has 2 aliphatic heterocycles. The first-order valence-corrected chi connectivity index (χ1v) is 7.87. The summed E-state index contributed by atoms with van der Waals surface area (Å²) in [7, 11) is 0. The van der Waals surface area contributed by atoms with E-state index in [1.165, 1.54) is 0 Å². The van der Waals surface area contributed by atoms with Crippen LogP contribution in [-0.4, -0.2) is 47.8 Å². The normalized spacial score (nSPS) is 29.6. The minimum Gasteiger partial charge on any atom is -0.393 e. The molecular formula is C16H20ClNO3. The van der Waals surface area contributed by atoms with Crippen molar-refractivity contribution in [2.75, 3.05) is 19.8 Å². The van der Waals surface area contributed by atoms with Crippen LogP contribution in [0.3, 0.4) is 0 Å². The summed E-state index contributed by atoms with van der Waals surface area (Å²) < 4.78 is 5.50. The van der Waals surface area contributed by atoms with Crippen molar-refractivity contribution >= 4 is 17.5 Å². The van der Waals surface area contributed by atoms with E-state index in [9.17, 15) is 9.90 Å². The Hall–Kier alpha value is -1.10. The Bertz CT molecular complexity index is 522. The van der Waals surface area contributed by atoms with E-state index < -0.39 is 0 Å². The van der Waals surface area contributed by atoms with E-state index in [4.69, 9.17) is 16.3 Å². The van der Waals surface area contributed by atoms with E-state index in [0.717, 1.165) is 19.4 Å². The highest BCUT2D eigenvalue weighted by Crippen LogP contribution is 2.31. The van der Waals surface area contributed by atoms with Crippen LogP contribution < -0.4 is 0 Å². The number of likely N-dealkylation sites (tertiary alicyclic amines) is 1. The molecule has 2 heterocycles. The molecule has 4 nitrogen and oxygen atoms in total. The van der Waals surface area contributed by atoms with Crippen molar-refractivity contribution in [3.05, 3.63) is 34.9 Å². The van der Waals surface area contributed by atoms with Gasteiger partial charge in [-0.2, -0.15) is 0 Å². The van der Waals surface area contributed by atoms with Gasteiger partial charge in [-0.05, 0) is 37.5 Å². The van der Waals surface area contributed by atoms with Crippen LogP contribution >= 0.6 is 11.6 Å². The molecule has 21 heavy (non-hydrogen) atoms. The predicted molar refractivity (Wildman–Crippen MR) is 80.4 cm³/mol. The van der Waals surface area contributed by atoms with Gasteiger partial charge in [0.2, 0.25) is 0 Å². The van der Waals surface area contributed by atoms with Gasteiger partial charge < -0.3 is 14.7 Å². The zero-order valence-electron chi connectivity index (χ0n) is 11.9.